The van der Waals surface area contributed by atoms with E-state index in [9.17, 15) is 18.0 Å². The van der Waals surface area contributed by atoms with Crippen LogP contribution in [0.1, 0.15) is 25.2 Å². The van der Waals surface area contributed by atoms with Gasteiger partial charge in [0.1, 0.15) is 12.6 Å². The predicted molar refractivity (Wildman–Crippen MR) is 75.6 cm³/mol. The highest BCUT2D eigenvalue weighted by Crippen LogP contribution is 2.38. The monoisotopic (exact) mass is 357 g/mol. The second-order valence-electron chi connectivity index (χ2n) is 6.08. The van der Waals surface area contributed by atoms with Crippen LogP contribution in [0.2, 0.25) is 0 Å². The fraction of sp³-hybridized carbons (Fsp3) is 0.667. The van der Waals surface area contributed by atoms with Crippen LogP contribution in [0.5, 0.6) is 0 Å². The maximum absolute atomic E-state index is 12.8. The quantitative estimate of drug-likeness (QED) is 0.548. The molecule has 3 fully saturated rings. The number of hydrogen-bond donors (Lipinski definition) is 1. The minimum Gasteiger partial charge on any atom is -0.338 e. The maximum Gasteiger partial charge on any atom is 0.362 e. The van der Waals surface area contributed by atoms with E-state index >= 15 is 0 Å². The van der Waals surface area contributed by atoms with E-state index < -0.39 is 28.3 Å². The molecule has 2 atom stereocenters. The first-order chi connectivity index (χ1) is 11.4. The molecule has 2 unspecified atom stereocenters. The van der Waals surface area contributed by atoms with Crippen molar-refractivity contribution in [2.45, 2.75) is 43.9 Å². The first kappa shape index (κ1) is 15.3. The topological polar surface area (TPSA) is 137 Å². The number of aromatic nitrogens is 2. The molecule has 0 aromatic carbocycles. The summed E-state index contributed by atoms with van der Waals surface area (Å²) < 4.78 is 36.9. The minimum atomic E-state index is -4.58. The zero-order valence-electron chi connectivity index (χ0n) is 12.5. The average Bonchev–Trinajstić information content (AvgIpc) is 3.07. The van der Waals surface area contributed by atoms with Gasteiger partial charge in [-0.3, -0.25) is 9.35 Å². The van der Waals surface area contributed by atoms with Crippen LogP contribution >= 0.6 is 0 Å². The Balaban J connectivity index is 1.51. The predicted octanol–water partition coefficient (Wildman–Crippen LogP) is -0.758. The summed E-state index contributed by atoms with van der Waals surface area (Å²) in [7, 11) is -4.58. The first-order valence-corrected chi connectivity index (χ1v) is 8.91. The van der Waals surface area contributed by atoms with Crippen LogP contribution < -0.4 is 0 Å². The van der Waals surface area contributed by atoms with Crippen molar-refractivity contribution in [2.24, 2.45) is 0 Å². The van der Waals surface area contributed by atoms with E-state index in [4.69, 9.17) is 9.08 Å². The summed E-state index contributed by atoms with van der Waals surface area (Å²) in [4.78, 5) is 31.7. The first-order valence-electron chi connectivity index (χ1n) is 7.51. The molecule has 11 nitrogen and oxygen atoms in total. The fourth-order valence-corrected chi connectivity index (χ4v) is 4.24. The molecule has 3 amide bonds. The smallest absolute Gasteiger partial charge is 0.338 e. The van der Waals surface area contributed by atoms with Gasteiger partial charge in [0, 0.05) is 12.6 Å². The molecule has 3 aliphatic rings. The maximum atomic E-state index is 12.8. The van der Waals surface area contributed by atoms with Crippen molar-refractivity contribution in [3.8, 4) is 0 Å². The van der Waals surface area contributed by atoms with Gasteiger partial charge in [-0.15, -0.1) is 0 Å². The number of carbonyl (C=O) groups excluding carboxylic acids is 2. The third kappa shape index (κ3) is 2.33. The lowest BCUT2D eigenvalue weighted by atomic mass is 10.0. The summed E-state index contributed by atoms with van der Waals surface area (Å²) in [5, 5.41) is 3.51. The second kappa shape index (κ2) is 5.14. The summed E-state index contributed by atoms with van der Waals surface area (Å²) in [6, 6.07) is -1.84. The van der Waals surface area contributed by atoms with Gasteiger partial charge in [0.05, 0.1) is 6.04 Å². The molecule has 1 aromatic heterocycles. The molecule has 2 saturated heterocycles. The Bertz CT molecular complexity index is 776. The highest BCUT2D eigenvalue weighted by molar-refractivity contribution is 7.84. The fourth-order valence-electron chi connectivity index (χ4n) is 3.35. The van der Waals surface area contributed by atoms with Crippen molar-refractivity contribution < 1.29 is 27.1 Å². The number of nitrogens with zero attached hydrogens (tertiary/aromatic N) is 5. The average molecular weight is 357 g/mol. The van der Waals surface area contributed by atoms with Gasteiger partial charge in [0.25, 0.3) is 5.91 Å². The van der Waals surface area contributed by atoms with Crippen LogP contribution in [0.25, 0.3) is 0 Å². The Morgan fingerprint density at radius 3 is 2.75 bits per heavy atom. The number of likely N-dealkylation sites (tertiary alicyclic amines) is 1. The molecular weight excluding hydrogens is 342 g/mol. The highest BCUT2D eigenvalue weighted by atomic mass is 32.2. The molecule has 0 radical (unpaired) electrons. The molecule has 130 valence electrons. The molecule has 12 heteroatoms. The van der Waals surface area contributed by atoms with E-state index in [1.165, 1.54) is 11.2 Å². The Morgan fingerprint density at radius 1 is 1.42 bits per heavy atom. The van der Waals surface area contributed by atoms with Crippen LogP contribution in [0.15, 0.2) is 10.9 Å². The number of carbonyl (C=O) groups is 2. The van der Waals surface area contributed by atoms with E-state index in [-0.39, 0.29) is 25.2 Å². The number of urea groups is 1. The molecule has 4 rings (SSSR count). The van der Waals surface area contributed by atoms with E-state index in [1.54, 1.807) is 4.90 Å². The SMILES string of the molecule is O=C(N(Cc1ncno1)C1CC1)N1CCC2C1C(=O)N2S(=O)(=O)O. The van der Waals surface area contributed by atoms with E-state index in [0.717, 1.165) is 12.8 Å². The van der Waals surface area contributed by atoms with Crippen molar-refractivity contribution in [2.75, 3.05) is 6.54 Å². The van der Waals surface area contributed by atoms with Crippen molar-refractivity contribution in [1.82, 2.24) is 24.2 Å². The van der Waals surface area contributed by atoms with Gasteiger partial charge in [0.2, 0.25) is 5.89 Å². The van der Waals surface area contributed by atoms with Crippen molar-refractivity contribution >= 4 is 22.2 Å². The number of hydrogen-bond acceptors (Lipinski definition) is 7. The molecule has 1 aromatic rings. The second-order valence-corrected chi connectivity index (χ2v) is 7.37. The van der Waals surface area contributed by atoms with Crippen molar-refractivity contribution in [3.05, 3.63) is 12.2 Å². The van der Waals surface area contributed by atoms with E-state index in [1.807, 2.05) is 0 Å². The zero-order chi connectivity index (χ0) is 17.1. The van der Waals surface area contributed by atoms with Crippen molar-refractivity contribution in [3.63, 3.8) is 0 Å². The molecule has 3 heterocycles. The lowest BCUT2D eigenvalue weighted by molar-refractivity contribution is -0.143. The zero-order valence-corrected chi connectivity index (χ0v) is 13.3. The third-order valence-electron chi connectivity index (χ3n) is 4.58. The van der Waals surface area contributed by atoms with Crippen LogP contribution in [0.4, 0.5) is 4.79 Å². The summed E-state index contributed by atoms with van der Waals surface area (Å²) in [5.74, 6) is -0.479. The van der Waals surface area contributed by atoms with Gasteiger partial charge in [-0.2, -0.15) is 13.4 Å². The Labute approximate surface area is 137 Å². The Kier molecular flexibility index (Phi) is 3.28. The number of β-lactam (4-membered cyclic amide) rings is 1. The normalized spacial score (nSPS) is 26.3. The number of amides is 3. The molecule has 0 spiro atoms. The largest absolute Gasteiger partial charge is 0.362 e. The van der Waals surface area contributed by atoms with Gasteiger partial charge in [-0.25, -0.2) is 9.10 Å². The molecule has 2 aliphatic heterocycles. The molecule has 1 N–H and O–H groups in total. The van der Waals surface area contributed by atoms with Gasteiger partial charge in [0.15, 0.2) is 6.33 Å². The van der Waals surface area contributed by atoms with Crippen molar-refractivity contribution in [1.29, 1.82) is 0 Å². The summed E-state index contributed by atoms with van der Waals surface area (Å²) in [5.41, 5.74) is 0. The molecule has 1 saturated carbocycles. The van der Waals surface area contributed by atoms with E-state index in [0.29, 0.717) is 16.6 Å². The van der Waals surface area contributed by atoms with Crippen LogP contribution in [0, 0.1) is 0 Å². The molecule has 24 heavy (non-hydrogen) atoms. The summed E-state index contributed by atoms with van der Waals surface area (Å²) >= 11 is 0. The van der Waals surface area contributed by atoms with Gasteiger partial charge < -0.3 is 14.3 Å². The van der Waals surface area contributed by atoms with Gasteiger partial charge >= 0.3 is 16.3 Å². The van der Waals surface area contributed by atoms with Crippen LogP contribution in [0.3, 0.4) is 0 Å². The molecule has 0 bridgehead atoms. The molecule has 1 aliphatic carbocycles. The summed E-state index contributed by atoms with van der Waals surface area (Å²) in [6.45, 7) is 0.395. The number of fused-ring (bicyclic) bond motifs is 1. The molecular formula is C12H15N5O6S. The minimum absolute atomic E-state index is 0.0521. The standard InChI is InChI=1S/C12H15N5O6S/c18-11-10-8(17(11)24(20,21)22)3-4-15(10)12(19)16(7-1-2-7)5-9-13-6-14-23-9/h6-8,10H,1-5H2,(H,20,21,22). The Hall–Kier alpha value is -2.21. The van der Waals surface area contributed by atoms with Gasteiger partial charge in [-0.05, 0) is 19.3 Å². The number of rotatable bonds is 4. The van der Waals surface area contributed by atoms with Crippen LogP contribution in [-0.2, 0) is 21.6 Å². The van der Waals surface area contributed by atoms with Crippen LogP contribution in [-0.4, -0.2) is 73.8 Å². The Morgan fingerprint density at radius 2 is 2.17 bits per heavy atom. The third-order valence-corrected chi connectivity index (χ3v) is 5.53. The van der Waals surface area contributed by atoms with E-state index in [2.05, 4.69) is 10.1 Å². The summed E-state index contributed by atoms with van der Waals surface area (Å²) in [6.07, 6.45) is 3.26. The lowest BCUT2D eigenvalue weighted by Crippen LogP contribution is -2.69. The highest BCUT2D eigenvalue weighted by Gasteiger charge is 2.60. The lowest BCUT2D eigenvalue weighted by Gasteiger charge is -2.43. The van der Waals surface area contributed by atoms with Gasteiger partial charge in [-0.1, -0.05) is 5.16 Å².